The van der Waals surface area contributed by atoms with Gasteiger partial charge in [-0.25, -0.2) is 8.78 Å². The van der Waals surface area contributed by atoms with E-state index in [9.17, 15) is 8.78 Å². The summed E-state index contributed by atoms with van der Waals surface area (Å²) < 4.78 is 37.1. The number of aromatic nitrogens is 5. The van der Waals surface area contributed by atoms with E-state index in [1.54, 1.807) is 0 Å². The van der Waals surface area contributed by atoms with E-state index in [4.69, 9.17) is 9.51 Å². The number of fused-ring (bicyclic) bond motifs is 1. The van der Waals surface area contributed by atoms with Gasteiger partial charge in [0.2, 0.25) is 5.92 Å². The summed E-state index contributed by atoms with van der Waals surface area (Å²) >= 11 is 0. The quantitative estimate of drug-likeness (QED) is 0.250. The Morgan fingerprint density at radius 1 is 1.03 bits per heavy atom. The summed E-state index contributed by atoms with van der Waals surface area (Å²) in [7, 11) is 0. The van der Waals surface area contributed by atoms with Gasteiger partial charge in [-0.15, -0.1) is 0 Å². The van der Waals surface area contributed by atoms with Gasteiger partial charge in [-0.2, -0.15) is 5.10 Å². The van der Waals surface area contributed by atoms with E-state index in [1.807, 2.05) is 55.3 Å². The van der Waals surface area contributed by atoms with Crippen molar-refractivity contribution in [3.05, 3.63) is 78.2 Å². The highest BCUT2D eigenvalue weighted by Crippen LogP contribution is 2.39. The van der Waals surface area contributed by atoms with Crippen LogP contribution in [0.1, 0.15) is 42.7 Å². The number of pyridine rings is 1. The molecule has 0 bridgehead atoms. The van der Waals surface area contributed by atoms with Crippen LogP contribution in [0.3, 0.4) is 0 Å². The molecule has 37 heavy (non-hydrogen) atoms. The van der Waals surface area contributed by atoms with Gasteiger partial charge in [0.15, 0.2) is 0 Å². The Morgan fingerprint density at radius 2 is 1.81 bits per heavy atom. The van der Waals surface area contributed by atoms with Crippen LogP contribution >= 0.6 is 0 Å². The van der Waals surface area contributed by atoms with Gasteiger partial charge in [0.25, 0.3) is 0 Å². The molecule has 1 aliphatic carbocycles. The van der Waals surface area contributed by atoms with E-state index in [2.05, 4.69) is 39.2 Å². The Balaban J connectivity index is 1.39. The first kappa shape index (κ1) is 23.6. The second-order valence-electron chi connectivity index (χ2n) is 10.2. The summed E-state index contributed by atoms with van der Waals surface area (Å²) in [6.07, 6.45) is 8.83. The van der Waals surface area contributed by atoms with Gasteiger partial charge in [0.05, 0.1) is 29.5 Å². The Hall–Kier alpha value is -3.81. The maximum Gasteiger partial charge on any atom is 0.248 e. The summed E-state index contributed by atoms with van der Waals surface area (Å²) in [5.74, 6) is -1.59. The molecule has 0 unspecified atom stereocenters. The molecule has 6 rings (SSSR count). The van der Waals surface area contributed by atoms with E-state index < -0.39 is 5.92 Å². The van der Waals surface area contributed by atoms with Crippen molar-refractivity contribution in [2.45, 2.75) is 58.5 Å². The van der Waals surface area contributed by atoms with Crippen LogP contribution in [0.5, 0.6) is 0 Å². The van der Waals surface area contributed by atoms with Crippen LogP contribution in [0.2, 0.25) is 0 Å². The minimum atomic E-state index is -2.54. The molecule has 1 saturated carbocycles. The third kappa shape index (κ3) is 4.68. The van der Waals surface area contributed by atoms with Crippen LogP contribution in [-0.2, 0) is 13.1 Å². The van der Waals surface area contributed by atoms with Crippen molar-refractivity contribution in [1.82, 2.24) is 24.5 Å². The van der Waals surface area contributed by atoms with Gasteiger partial charge < -0.3 is 9.09 Å². The van der Waals surface area contributed by atoms with Gasteiger partial charge in [-0.05, 0) is 44.2 Å². The standard InChI is InChI=1S/C29H29F2N5O/c1-19-27(20(2)37-34-19)23-12-26-28(32-13-23)25(18-35(26)15-22-8-10-29(30,31)11-9-22)24-14-33-36(17-24)16-21-6-4-3-5-7-21/h3-7,12-14,17-18,22H,8-11,15-16H2,1-2H3. The lowest BCUT2D eigenvalue weighted by molar-refractivity contribution is -0.0472. The van der Waals surface area contributed by atoms with E-state index in [-0.39, 0.29) is 18.8 Å². The average Bonchev–Trinajstić information content (AvgIpc) is 3.58. The smallest absolute Gasteiger partial charge is 0.248 e. The van der Waals surface area contributed by atoms with Crippen molar-refractivity contribution in [1.29, 1.82) is 0 Å². The lowest BCUT2D eigenvalue weighted by atomic mass is 9.87. The third-order valence-corrected chi connectivity index (χ3v) is 7.46. The minimum absolute atomic E-state index is 0.0431. The van der Waals surface area contributed by atoms with Gasteiger partial charge in [0.1, 0.15) is 5.76 Å². The van der Waals surface area contributed by atoms with Gasteiger partial charge in [-0.3, -0.25) is 9.67 Å². The highest BCUT2D eigenvalue weighted by atomic mass is 19.3. The van der Waals surface area contributed by atoms with Crippen molar-refractivity contribution < 1.29 is 13.3 Å². The van der Waals surface area contributed by atoms with Crippen molar-refractivity contribution in [3.8, 4) is 22.3 Å². The summed E-state index contributed by atoms with van der Waals surface area (Å²) in [4.78, 5) is 4.88. The number of rotatable bonds is 6. The highest BCUT2D eigenvalue weighted by Gasteiger charge is 2.35. The molecule has 6 nitrogen and oxygen atoms in total. The molecule has 0 N–H and O–H groups in total. The molecule has 0 saturated heterocycles. The van der Waals surface area contributed by atoms with Crippen molar-refractivity contribution >= 4 is 11.0 Å². The van der Waals surface area contributed by atoms with Crippen LogP contribution in [-0.4, -0.2) is 30.4 Å². The molecule has 0 radical (unpaired) electrons. The summed E-state index contributed by atoms with van der Waals surface area (Å²) in [5.41, 5.74) is 7.68. The van der Waals surface area contributed by atoms with Crippen LogP contribution < -0.4 is 0 Å². The van der Waals surface area contributed by atoms with E-state index >= 15 is 0 Å². The maximum absolute atomic E-state index is 13.8. The molecule has 4 heterocycles. The Morgan fingerprint density at radius 3 is 2.54 bits per heavy atom. The van der Waals surface area contributed by atoms with Crippen LogP contribution in [0.25, 0.3) is 33.3 Å². The monoisotopic (exact) mass is 501 g/mol. The fourth-order valence-corrected chi connectivity index (χ4v) is 5.48. The fourth-order valence-electron chi connectivity index (χ4n) is 5.48. The summed E-state index contributed by atoms with van der Waals surface area (Å²) in [6.45, 7) is 5.17. The second kappa shape index (κ2) is 9.25. The lowest BCUT2D eigenvalue weighted by Gasteiger charge is -2.28. The zero-order chi connectivity index (χ0) is 25.6. The first-order chi connectivity index (χ1) is 17.9. The van der Waals surface area contributed by atoms with Crippen molar-refractivity contribution in [3.63, 3.8) is 0 Å². The number of nitrogens with zero attached hydrogens (tertiary/aromatic N) is 5. The molecule has 190 valence electrons. The molecule has 0 atom stereocenters. The molecular weight excluding hydrogens is 472 g/mol. The van der Waals surface area contributed by atoms with Gasteiger partial charge in [0, 0.05) is 60.2 Å². The molecule has 1 fully saturated rings. The van der Waals surface area contributed by atoms with E-state index in [0.717, 1.165) is 44.7 Å². The predicted molar refractivity (Wildman–Crippen MR) is 138 cm³/mol. The molecular formula is C29H29F2N5O. The molecule has 8 heteroatoms. The number of benzene rings is 1. The maximum atomic E-state index is 13.8. The normalized spacial score (nSPS) is 16.0. The predicted octanol–water partition coefficient (Wildman–Crippen LogP) is 7.05. The molecule has 0 amide bonds. The topological polar surface area (TPSA) is 61.7 Å². The number of halogens is 2. The average molecular weight is 502 g/mol. The summed E-state index contributed by atoms with van der Waals surface area (Å²) in [5, 5.41) is 8.69. The molecule has 1 aliphatic rings. The number of hydrogen-bond donors (Lipinski definition) is 0. The Kier molecular flexibility index (Phi) is 5.89. The van der Waals surface area contributed by atoms with Crippen LogP contribution in [0.15, 0.2) is 65.7 Å². The van der Waals surface area contributed by atoms with E-state index in [0.29, 0.717) is 25.9 Å². The second-order valence-corrected chi connectivity index (χ2v) is 10.2. The Bertz CT molecular complexity index is 1520. The molecule has 0 spiro atoms. The van der Waals surface area contributed by atoms with Crippen molar-refractivity contribution in [2.24, 2.45) is 5.92 Å². The number of hydrogen-bond acceptors (Lipinski definition) is 4. The third-order valence-electron chi connectivity index (χ3n) is 7.46. The molecule has 1 aromatic carbocycles. The number of aryl methyl sites for hydroxylation is 2. The summed E-state index contributed by atoms with van der Waals surface area (Å²) in [6, 6.07) is 12.3. The highest BCUT2D eigenvalue weighted by molar-refractivity contribution is 5.94. The first-order valence-corrected chi connectivity index (χ1v) is 12.7. The fraction of sp³-hybridized carbons (Fsp3) is 0.345. The molecule has 0 aliphatic heterocycles. The van der Waals surface area contributed by atoms with Gasteiger partial charge in [-0.1, -0.05) is 35.5 Å². The zero-order valence-electron chi connectivity index (χ0n) is 21.0. The lowest BCUT2D eigenvalue weighted by Crippen LogP contribution is -2.26. The van der Waals surface area contributed by atoms with Crippen LogP contribution in [0.4, 0.5) is 8.78 Å². The van der Waals surface area contributed by atoms with Gasteiger partial charge >= 0.3 is 0 Å². The first-order valence-electron chi connectivity index (χ1n) is 12.7. The zero-order valence-corrected chi connectivity index (χ0v) is 21.0. The molecule has 5 aromatic rings. The SMILES string of the molecule is Cc1noc(C)c1-c1cnc2c(-c3cnn(Cc4ccccc4)c3)cn(CC3CCC(F)(F)CC3)c2c1. The largest absolute Gasteiger partial charge is 0.361 e. The van der Waals surface area contributed by atoms with E-state index in [1.165, 1.54) is 5.56 Å². The molecule has 4 aromatic heterocycles. The van der Waals surface area contributed by atoms with Crippen LogP contribution in [0, 0.1) is 19.8 Å². The number of alkyl halides is 2. The minimum Gasteiger partial charge on any atom is -0.361 e. The Labute approximate surface area is 213 Å². The van der Waals surface area contributed by atoms with Crippen molar-refractivity contribution in [2.75, 3.05) is 0 Å².